The number of aromatic nitrogens is 2. The van der Waals surface area contributed by atoms with Crippen molar-refractivity contribution < 1.29 is 19.8 Å². The van der Waals surface area contributed by atoms with Crippen LogP contribution in [0.15, 0.2) is 53.8 Å². The van der Waals surface area contributed by atoms with Gasteiger partial charge in [0.05, 0.1) is 37.2 Å². The second-order valence-corrected chi connectivity index (χ2v) is 10.5. The zero-order chi connectivity index (χ0) is 28.6. The van der Waals surface area contributed by atoms with Gasteiger partial charge in [0.1, 0.15) is 0 Å². The van der Waals surface area contributed by atoms with Crippen LogP contribution in [0.5, 0.6) is 0 Å². The molecule has 0 saturated carbocycles. The molecule has 2 unspecified atom stereocenters. The molecule has 0 spiro atoms. The number of fused-ring (bicyclic) bond motifs is 1. The lowest BCUT2D eigenvalue weighted by Gasteiger charge is -2.33. The van der Waals surface area contributed by atoms with Gasteiger partial charge in [0.25, 0.3) is 11.8 Å². The Kier molecular flexibility index (Phi) is 7.59. The summed E-state index contributed by atoms with van der Waals surface area (Å²) in [6.07, 6.45) is 3.42. The molecule has 2 atom stereocenters. The molecule has 40 heavy (non-hydrogen) atoms. The number of likely N-dealkylation sites (N-methyl/N-ethyl adjacent to an activating group) is 1. The molecular weight excluding hydrogens is 510 g/mol. The first-order chi connectivity index (χ1) is 19.2. The molecule has 3 aromatic rings. The van der Waals surface area contributed by atoms with Crippen molar-refractivity contribution in [1.82, 2.24) is 14.7 Å². The fraction of sp³-hybridized carbons (Fsp3) is 0.379. The number of hydrogen-bond donors (Lipinski definition) is 3. The Morgan fingerprint density at radius 3 is 2.70 bits per heavy atom. The largest absolute Gasteiger partial charge is 0.392 e. The zero-order valence-corrected chi connectivity index (χ0v) is 23.2. The minimum absolute atomic E-state index is 0.102. The van der Waals surface area contributed by atoms with Crippen LogP contribution in [0.4, 0.5) is 17.1 Å². The van der Waals surface area contributed by atoms with Gasteiger partial charge < -0.3 is 30.2 Å². The quantitative estimate of drug-likeness (QED) is 0.415. The molecule has 0 radical (unpaired) electrons. The SMILES string of the molecule is CC(O)Cn1cc(NC2=NC(c3cccc(N4CCc5cc(N(C)C)ccc5C4=O)c3CO)CN(C)C2=O)cn1. The van der Waals surface area contributed by atoms with Crippen molar-refractivity contribution in [3.8, 4) is 0 Å². The van der Waals surface area contributed by atoms with E-state index in [1.54, 1.807) is 40.8 Å². The molecule has 11 heteroatoms. The van der Waals surface area contributed by atoms with E-state index in [0.717, 1.165) is 16.8 Å². The van der Waals surface area contributed by atoms with Gasteiger partial charge in [-0.3, -0.25) is 19.3 Å². The maximum Gasteiger partial charge on any atom is 0.289 e. The lowest BCUT2D eigenvalue weighted by atomic mass is 9.94. The van der Waals surface area contributed by atoms with Crippen LogP contribution in [0, 0.1) is 0 Å². The highest BCUT2D eigenvalue weighted by Crippen LogP contribution is 2.35. The molecule has 11 nitrogen and oxygen atoms in total. The minimum Gasteiger partial charge on any atom is -0.392 e. The summed E-state index contributed by atoms with van der Waals surface area (Å²) in [4.78, 5) is 36.6. The highest BCUT2D eigenvalue weighted by molar-refractivity contribution is 6.42. The van der Waals surface area contributed by atoms with Crippen molar-refractivity contribution in [3.63, 3.8) is 0 Å². The molecule has 2 amide bonds. The van der Waals surface area contributed by atoms with Gasteiger partial charge in [0.15, 0.2) is 5.84 Å². The van der Waals surface area contributed by atoms with Crippen LogP contribution in [0.2, 0.25) is 0 Å². The van der Waals surface area contributed by atoms with Gasteiger partial charge in [-0.05, 0) is 48.7 Å². The van der Waals surface area contributed by atoms with E-state index in [1.807, 2.05) is 49.3 Å². The number of nitrogens with zero attached hydrogens (tertiary/aromatic N) is 6. The number of carbonyl (C=O) groups excluding carboxylic acids is 2. The summed E-state index contributed by atoms with van der Waals surface area (Å²) < 4.78 is 1.59. The molecule has 0 bridgehead atoms. The third kappa shape index (κ3) is 5.30. The van der Waals surface area contributed by atoms with Crippen LogP contribution in [-0.4, -0.2) is 82.9 Å². The number of aliphatic hydroxyl groups excluding tert-OH is 2. The summed E-state index contributed by atoms with van der Waals surface area (Å²) in [7, 11) is 5.65. The highest BCUT2D eigenvalue weighted by atomic mass is 16.3. The van der Waals surface area contributed by atoms with Gasteiger partial charge in [0, 0.05) is 62.9 Å². The van der Waals surface area contributed by atoms with E-state index < -0.39 is 12.1 Å². The first-order valence-corrected chi connectivity index (χ1v) is 13.3. The summed E-state index contributed by atoms with van der Waals surface area (Å²) in [5, 5.41) is 27.4. The monoisotopic (exact) mass is 545 g/mol. The molecule has 210 valence electrons. The van der Waals surface area contributed by atoms with Crippen LogP contribution in [0.25, 0.3) is 0 Å². The van der Waals surface area contributed by atoms with Crippen molar-refractivity contribution in [2.45, 2.75) is 38.6 Å². The normalized spacial score (nSPS) is 17.9. The molecule has 3 N–H and O–H groups in total. The van der Waals surface area contributed by atoms with Gasteiger partial charge in [-0.25, -0.2) is 0 Å². The van der Waals surface area contributed by atoms with Crippen LogP contribution < -0.4 is 15.1 Å². The molecule has 3 heterocycles. The summed E-state index contributed by atoms with van der Waals surface area (Å²) in [5.41, 5.74) is 5.32. The van der Waals surface area contributed by atoms with E-state index in [9.17, 15) is 19.8 Å². The number of amidine groups is 1. The van der Waals surface area contributed by atoms with E-state index in [1.165, 1.54) is 0 Å². The highest BCUT2D eigenvalue weighted by Gasteiger charge is 2.32. The standard InChI is InChI=1S/C29H35N7O4/c1-18(38)14-35-15-20(13-30-35)31-27-29(40)34(4)16-25(32-27)23-6-5-7-26(24(23)17-37)36-11-10-19-12-21(33(2)3)8-9-22(19)28(36)39/h5-9,12-13,15,18,25,37-38H,10-11,14,16-17H2,1-4H3,(H,31,32). The van der Waals surface area contributed by atoms with Crippen molar-refractivity contribution >= 4 is 34.7 Å². The van der Waals surface area contributed by atoms with Crippen molar-refractivity contribution in [3.05, 3.63) is 71.0 Å². The van der Waals surface area contributed by atoms with Gasteiger partial charge in [0.2, 0.25) is 0 Å². The third-order valence-electron chi connectivity index (χ3n) is 7.31. The lowest BCUT2D eigenvalue weighted by molar-refractivity contribution is -0.123. The first kappa shape index (κ1) is 27.4. The Labute approximate surface area is 233 Å². The fourth-order valence-corrected chi connectivity index (χ4v) is 5.28. The minimum atomic E-state index is -0.558. The summed E-state index contributed by atoms with van der Waals surface area (Å²) in [6, 6.07) is 11.0. The van der Waals surface area contributed by atoms with Crippen LogP contribution in [-0.2, 0) is 24.4 Å². The zero-order valence-electron chi connectivity index (χ0n) is 23.2. The molecular formula is C29H35N7O4. The molecule has 1 aromatic heterocycles. The second kappa shape index (κ2) is 11.1. The molecule has 5 rings (SSSR count). The van der Waals surface area contributed by atoms with E-state index in [-0.39, 0.29) is 24.3 Å². The Hall–Kier alpha value is -4.22. The van der Waals surface area contributed by atoms with Gasteiger partial charge in [-0.15, -0.1) is 0 Å². The number of hydrogen-bond acceptors (Lipinski definition) is 8. The molecule has 0 aliphatic carbocycles. The smallest absolute Gasteiger partial charge is 0.289 e. The average Bonchev–Trinajstić information content (AvgIpc) is 3.36. The number of nitrogens with one attached hydrogen (secondary N) is 1. The summed E-state index contributed by atoms with van der Waals surface area (Å²) in [6.45, 7) is 2.54. The first-order valence-electron chi connectivity index (χ1n) is 13.3. The van der Waals surface area contributed by atoms with E-state index in [2.05, 4.69) is 16.5 Å². The Morgan fingerprint density at radius 1 is 1.18 bits per heavy atom. The van der Waals surface area contributed by atoms with Gasteiger partial charge >= 0.3 is 0 Å². The van der Waals surface area contributed by atoms with Crippen molar-refractivity contribution in [2.75, 3.05) is 49.3 Å². The maximum absolute atomic E-state index is 13.6. The summed E-state index contributed by atoms with van der Waals surface area (Å²) >= 11 is 0. The molecule has 2 aromatic carbocycles. The molecule has 2 aliphatic rings. The maximum atomic E-state index is 13.6. The van der Waals surface area contributed by atoms with Gasteiger partial charge in [-0.2, -0.15) is 5.10 Å². The average molecular weight is 546 g/mol. The van der Waals surface area contributed by atoms with Crippen LogP contribution in [0.1, 0.15) is 40.0 Å². The number of rotatable bonds is 7. The van der Waals surface area contributed by atoms with Crippen LogP contribution in [0.3, 0.4) is 0 Å². The number of aliphatic hydroxyl groups is 2. The van der Waals surface area contributed by atoms with E-state index in [0.29, 0.717) is 48.6 Å². The predicted octanol–water partition coefficient (Wildman–Crippen LogP) is 2.05. The predicted molar refractivity (Wildman–Crippen MR) is 154 cm³/mol. The number of aliphatic imine (C=N–C) groups is 1. The molecule has 0 fully saturated rings. The molecule has 0 saturated heterocycles. The second-order valence-electron chi connectivity index (χ2n) is 10.5. The number of carbonyl (C=O) groups is 2. The fourth-order valence-electron chi connectivity index (χ4n) is 5.28. The van der Waals surface area contributed by atoms with Crippen molar-refractivity contribution in [1.29, 1.82) is 0 Å². The number of benzene rings is 2. The Balaban J connectivity index is 1.45. The van der Waals surface area contributed by atoms with Crippen molar-refractivity contribution in [2.24, 2.45) is 4.99 Å². The van der Waals surface area contributed by atoms with Crippen LogP contribution >= 0.6 is 0 Å². The number of amides is 2. The number of anilines is 3. The Morgan fingerprint density at radius 2 is 1.98 bits per heavy atom. The molecule has 2 aliphatic heterocycles. The Bertz CT molecular complexity index is 1460. The van der Waals surface area contributed by atoms with Gasteiger partial charge in [-0.1, -0.05) is 12.1 Å². The lowest BCUT2D eigenvalue weighted by Crippen LogP contribution is -2.44. The third-order valence-corrected chi connectivity index (χ3v) is 7.31. The van der Waals surface area contributed by atoms with E-state index in [4.69, 9.17) is 4.99 Å². The van der Waals surface area contributed by atoms with E-state index >= 15 is 0 Å². The summed E-state index contributed by atoms with van der Waals surface area (Å²) in [5.74, 6) is -0.208. The topological polar surface area (TPSA) is 127 Å².